The molecular weight excluding hydrogens is 219 g/mol. The van der Waals surface area contributed by atoms with E-state index in [0.717, 1.165) is 16.8 Å². The van der Waals surface area contributed by atoms with Gasteiger partial charge in [0.25, 0.3) is 0 Å². The monoisotopic (exact) mass is 228 g/mol. The molecule has 0 amide bonds. The van der Waals surface area contributed by atoms with Gasteiger partial charge in [-0.2, -0.15) is 0 Å². The third-order valence-electron chi connectivity index (χ3n) is 2.40. The van der Waals surface area contributed by atoms with E-state index in [2.05, 4.69) is 15.9 Å². The molecule has 0 bridgehead atoms. The van der Waals surface area contributed by atoms with Crippen LogP contribution in [-0.2, 0) is 0 Å². The fraction of sp³-hybridized carbons (Fsp3) is 0.400. The van der Waals surface area contributed by atoms with Crippen LogP contribution in [0.25, 0.3) is 0 Å². The minimum Gasteiger partial charge on any atom is -0.207 e. The summed E-state index contributed by atoms with van der Waals surface area (Å²) < 4.78 is 12.8. The molecule has 12 heavy (non-hydrogen) atoms. The predicted octanol–water partition coefficient (Wildman–Crippen LogP) is 3.32. The van der Waals surface area contributed by atoms with Crippen LogP contribution in [-0.4, -0.2) is 5.33 Å². The van der Waals surface area contributed by atoms with Gasteiger partial charge in [0.2, 0.25) is 0 Å². The summed E-state index contributed by atoms with van der Waals surface area (Å²) in [6, 6.07) is 6.94. The SMILES string of the molecule is Fc1cccc(C2CC2CBr)c1. The highest BCUT2D eigenvalue weighted by Gasteiger charge is 2.37. The Kier molecular flexibility index (Phi) is 2.18. The first-order valence-electron chi connectivity index (χ1n) is 4.12. The Balaban J connectivity index is 2.14. The average Bonchev–Trinajstić information content (AvgIpc) is 2.83. The summed E-state index contributed by atoms with van der Waals surface area (Å²) >= 11 is 3.44. The van der Waals surface area contributed by atoms with Gasteiger partial charge in [0, 0.05) is 5.33 Å². The zero-order chi connectivity index (χ0) is 8.55. The molecule has 1 aliphatic carbocycles. The van der Waals surface area contributed by atoms with Crippen molar-refractivity contribution in [3.63, 3.8) is 0 Å². The molecule has 2 atom stereocenters. The second kappa shape index (κ2) is 3.17. The maximum atomic E-state index is 12.8. The second-order valence-corrected chi connectivity index (χ2v) is 3.96. The van der Waals surface area contributed by atoms with E-state index in [9.17, 15) is 4.39 Å². The van der Waals surface area contributed by atoms with Crippen molar-refractivity contribution < 1.29 is 4.39 Å². The number of rotatable bonds is 2. The maximum Gasteiger partial charge on any atom is 0.123 e. The molecule has 1 saturated carbocycles. The van der Waals surface area contributed by atoms with E-state index in [1.54, 1.807) is 12.1 Å². The topological polar surface area (TPSA) is 0 Å². The zero-order valence-electron chi connectivity index (χ0n) is 6.63. The highest BCUT2D eigenvalue weighted by atomic mass is 79.9. The highest BCUT2D eigenvalue weighted by Crippen LogP contribution is 2.48. The fourth-order valence-corrected chi connectivity index (χ4v) is 2.28. The van der Waals surface area contributed by atoms with Crippen LogP contribution in [0.1, 0.15) is 17.9 Å². The first-order valence-corrected chi connectivity index (χ1v) is 5.25. The summed E-state index contributed by atoms with van der Waals surface area (Å²) in [6.45, 7) is 0. The van der Waals surface area contributed by atoms with Crippen LogP contribution in [0.3, 0.4) is 0 Å². The van der Waals surface area contributed by atoms with Crippen molar-refractivity contribution in [1.82, 2.24) is 0 Å². The quantitative estimate of drug-likeness (QED) is 0.682. The third-order valence-corrected chi connectivity index (χ3v) is 3.23. The molecule has 1 aliphatic rings. The number of halogens is 2. The molecule has 0 aliphatic heterocycles. The Morgan fingerprint density at radius 3 is 2.92 bits per heavy atom. The van der Waals surface area contributed by atoms with Crippen LogP contribution >= 0.6 is 15.9 Å². The summed E-state index contributed by atoms with van der Waals surface area (Å²) in [4.78, 5) is 0. The molecule has 0 saturated heterocycles. The Morgan fingerprint density at radius 2 is 2.33 bits per heavy atom. The molecule has 0 N–H and O–H groups in total. The number of hydrogen-bond donors (Lipinski definition) is 0. The van der Waals surface area contributed by atoms with E-state index < -0.39 is 0 Å². The molecule has 0 spiro atoms. The smallest absolute Gasteiger partial charge is 0.123 e. The lowest BCUT2D eigenvalue weighted by atomic mass is 10.1. The Labute approximate surface area is 79.9 Å². The van der Waals surface area contributed by atoms with Crippen molar-refractivity contribution in [3.05, 3.63) is 35.6 Å². The first-order chi connectivity index (χ1) is 5.81. The van der Waals surface area contributed by atoms with Crippen LogP contribution in [0.15, 0.2) is 24.3 Å². The van der Waals surface area contributed by atoms with Crippen LogP contribution in [0.4, 0.5) is 4.39 Å². The molecular formula is C10H10BrF. The van der Waals surface area contributed by atoms with Crippen molar-refractivity contribution in [2.24, 2.45) is 5.92 Å². The molecule has 2 unspecified atom stereocenters. The van der Waals surface area contributed by atoms with Gasteiger partial charge in [0.1, 0.15) is 5.82 Å². The third kappa shape index (κ3) is 1.53. The van der Waals surface area contributed by atoms with E-state index in [4.69, 9.17) is 0 Å². The first kappa shape index (κ1) is 8.24. The van der Waals surface area contributed by atoms with Gasteiger partial charge in [0.15, 0.2) is 0 Å². The Hall–Kier alpha value is -0.370. The van der Waals surface area contributed by atoms with Gasteiger partial charge in [0.05, 0.1) is 0 Å². The zero-order valence-corrected chi connectivity index (χ0v) is 8.22. The van der Waals surface area contributed by atoms with Crippen molar-refractivity contribution in [2.75, 3.05) is 5.33 Å². The Bertz CT molecular complexity index is 285. The maximum absolute atomic E-state index is 12.8. The van der Waals surface area contributed by atoms with Gasteiger partial charge in [-0.05, 0) is 36.0 Å². The number of benzene rings is 1. The minimum atomic E-state index is -0.118. The lowest BCUT2D eigenvalue weighted by Crippen LogP contribution is -1.85. The van der Waals surface area contributed by atoms with Crippen LogP contribution in [0, 0.1) is 11.7 Å². The summed E-state index contributed by atoms with van der Waals surface area (Å²) in [5.74, 6) is 1.21. The molecule has 1 aromatic carbocycles. The van der Waals surface area contributed by atoms with Gasteiger partial charge in [-0.25, -0.2) is 4.39 Å². The van der Waals surface area contributed by atoms with E-state index in [0.29, 0.717) is 5.92 Å². The predicted molar refractivity (Wildman–Crippen MR) is 51.0 cm³/mol. The van der Waals surface area contributed by atoms with Crippen LogP contribution in [0.2, 0.25) is 0 Å². The van der Waals surface area contributed by atoms with Crippen molar-refractivity contribution in [3.8, 4) is 0 Å². The van der Waals surface area contributed by atoms with E-state index in [1.807, 2.05) is 6.07 Å². The van der Waals surface area contributed by atoms with Gasteiger partial charge in [-0.3, -0.25) is 0 Å². The fourth-order valence-electron chi connectivity index (χ4n) is 1.56. The van der Waals surface area contributed by atoms with Gasteiger partial charge in [-0.1, -0.05) is 28.1 Å². The Morgan fingerprint density at radius 1 is 1.50 bits per heavy atom. The molecule has 0 radical (unpaired) electrons. The summed E-state index contributed by atoms with van der Waals surface area (Å²) in [7, 11) is 0. The van der Waals surface area contributed by atoms with Crippen LogP contribution < -0.4 is 0 Å². The van der Waals surface area contributed by atoms with Gasteiger partial charge < -0.3 is 0 Å². The van der Waals surface area contributed by atoms with Gasteiger partial charge >= 0.3 is 0 Å². The normalized spacial score (nSPS) is 27.2. The lowest BCUT2D eigenvalue weighted by Gasteiger charge is -1.97. The molecule has 1 fully saturated rings. The molecule has 2 heteroatoms. The number of alkyl halides is 1. The average molecular weight is 229 g/mol. The lowest BCUT2D eigenvalue weighted by molar-refractivity contribution is 0.625. The molecule has 2 rings (SSSR count). The number of hydrogen-bond acceptors (Lipinski definition) is 0. The highest BCUT2D eigenvalue weighted by molar-refractivity contribution is 9.09. The summed E-state index contributed by atoms with van der Waals surface area (Å²) in [6.07, 6.45) is 1.20. The molecule has 64 valence electrons. The summed E-state index contributed by atoms with van der Waals surface area (Å²) in [5.41, 5.74) is 1.15. The van der Waals surface area contributed by atoms with Gasteiger partial charge in [-0.15, -0.1) is 0 Å². The largest absolute Gasteiger partial charge is 0.207 e. The summed E-state index contributed by atoms with van der Waals surface area (Å²) in [5, 5.41) is 1.04. The van der Waals surface area contributed by atoms with Crippen LogP contribution in [0.5, 0.6) is 0 Å². The van der Waals surface area contributed by atoms with Crippen molar-refractivity contribution in [1.29, 1.82) is 0 Å². The van der Waals surface area contributed by atoms with E-state index >= 15 is 0 Å². The molecule has 0 nitrogen and oxygen atoms in total. The molecule has 0 heterocycles. The van der Waals surface area contributed by atoms with Crippen molar-refractivity contribution in [2.45, 2.75) is 12.3 Å². The van der Waals surface area contributed by atoms with Crippen molar-refractivity contribution >= 4 is 15.9 Å². The standard InChI is InChI=1S/C10H10BrF/c11-6-8-5-10(8)7-2-1-3-9(12)4-7/h1-4,8,10H,5-6H2. The second-order valence-electron chi connectivity index (χ2n) is 3.31. The molecule has 1 aromatic rings. The molecule has 0 aromatic heterocycles. The van der Waals surface area contributed by atoms with E-state index in [-0.39, 0.29) is 5.82 Å². The van der Waals surface area contributed by atoms with E-state index in [1.165, 1.54) is 12.5 Å². The minimum absolute atomic E-state index is 0.118.